The first-order valence-corrected chi connectivity index (χ1v) is 12.9. The van der Waals surface area contributed by atoms with E-state index in [4.69, 9.17) is 5.26 Å². The summed E-state index contributed by atoms with van der Waals surface area (Å²) in [5.74, 6) is -0.328. The van der Waals surface area contributed by atoms with Gasteiger partial charge in [-0.25, -0.2) is 0 Å². The number of nitrogens with zero attached hydrogens (tertiary/aromatic N) is 1. The topological polar surface area (TPSA) is 168 Å². The summed E-state index contributed by atoms with van der Waals surface area (Å²) in [6.45, 7) is 5.33. The van der Waals surface area contributed by atoms with Crippen LogP contribution in [0.25, 0.3) is 0 Å². The third-order valence-corrected chi connectivity index (χ3v) is 7.09. The monoisotopic (exact) mass is 509 g/mol. The molecule has 2 amide bonds. The van der Waals surface area contributed by atoms with E-state index < -0.39 is 19.1 Å². The zero-order valence-electron chi connectivity index (χ0n) is 17.6. The number of carbonyl (C=O) groups is 2. The minimum atomic E-state index is -4.92. The Kier molecular flexibility index (Phi) is 8.34. The van der Waals surface area contributed by atoms with E-state index in [2.05, 4.69) is 14.5 Å². The summed E-state index contributed by atoms with van der Waals surface area (Å²) in [5, 5.41) is 24.1. The van der Waals surface area contributed by atoms with Crippen LogP contribution < -0.4 is 15.0 Å². The second-order valence-corrected chi connectivity index (χ2v) is 11.0. The molecule has 4 N–H and O–H groups in total. The van der Waals surface area contributed by atoms with E-state index in [0.717, 1.165) is 5.56 Å². The molecule has 12 heteroatoms. The van der Waals surface area contributed by atoms with Gasteiger partial charge in [0.25, 0.3) is 5.69 Å². The van der Waals surface area contributed by atoms with Crippen LogP contribution in [0, 0.1) is 16.0 Å². The Balaban J connectivity index is 0.000000229. The fourth-order valence-corrected chi connectivity index (χ4v) is 4.86. The minimum Gasteiger partial charge on any atom is -0.325 e. The molecule has 0 aliphatic carbocycles. The van der Waals surface area contributed by atoms with Gasteiger partial charge >= 0.3 is 88.4 Å². The summed E-state index contributed by atoms with van der Waals surface area (Å²) in [6, 6.07) is 10.4. The summed E-state index contributed by atoms with van der Waals surface area (Å²) < 4.78 is 24.1. The van der Waals surface area contributed by atoms with Crippen molar-refractivity contribution >= 4 is 47.4 Å². The van der Waals surface area contributed by atoms with Crippen molar-refractivity contribution in [2.24, 2.45) is 5.92 Å². The smallest absolute Gasteiger partial charge is 0.269 e. The molecule has 0 saturated heterocycles. The van der Waals surface area contributed by atoms with Gasteiger partial charge in [0.2, 0.25) is 5.91 Å². The van der Waals surface area contributed by atoms with Gasteiger partial charge in [0.05, 0.1) is 10.8 Å². The summed E-state index contributed by atoms with van der Waals surface area (Å²) in [4.78, 5) is 32.8. The second-order valence-electron chi connectivity index (χ2n) is 7.50. The van der Waals surface area contributed by atoms with Gasteiger partial charge in [-0.15, -0.1) is 0 Å². The van der Waals surface area contributed by atoms with Gasteiger partial charge in [0.15, 0.2) is 0 Å². The summed E-state index contributed by atoms with van der Waals surface area (Å²) in [5.41, 5.74) is 1.64. The van der Waals surface area contributed by atoms with Gasteiger partial charge in [-0.2, -0.15) is 0 Å². The third-order valence-electron chi connectivity index (χ3n) is 4.53. The Labute approximate surface area is 186 Å². The van der Waals surface area contributed by atoms with Crippen molar-refractivity contribution < 1.29 is 31.5 Å². The second kappa shape index (κ2) is 10.6. The molecule has 0 spiro atoms. The van der Waals surface area contributed by atoms with Gasteiger partial charge in [-0.1, -0.05) is 13.8 Å². The standard InChI is InChI=1S/C12H14N2O3.C8H10AsNO5/c1-7(2)5-10-9-6-8(14(16)17)3-4-11(9)13-12(10)15;1-6(11)10-8-5-3-2-4-7(8)9(12,13)15-14/h3-4,6-7,10H,5H2,1-2H3,(H,13,15);2-5,14H,1H3,(H,10,11)(H,12,13). The number of rotatable bonds is 6. The van der Waals surface area contributed by atoms with Gasteiger partial charge in [-0.3, -0.25) is 14.9 Å². The van der Waals surface area contributed by atoms with Crippen LogP contribution in [-0.2, 0) is 17.2 Å². The van der Waals surface area contributed by atoms with Crippen LogP contribution in [0.5, 0.6) is 0 Å². The van der Waals surface area contributed by atoms with E-state index >= 15 is 0 Å². The van der Waals surface area contributed by atoms with Crippen molar-refractivity contribution in [3.8, 4) is 0 Å². The number of para-hydroxylation sites is 1. The van der Waals surface area contributed by atoms with Gasteiger partial charge < -0.3 is 5.32 Å². The maximum Gasteiger partial charge on any atom is 0.269 e. The number of nitro benzene ring substituents is 1. The van der Waals surface area contributed by atoms with E-state index in [9.17, 15) is 27.5 Å². The van der Waals surface area contributed by atoms with E-state index in [1.54, 1.807) is 12.1 Å². The Hall–Kier alpha value is -2.98. The molecule has 0 aromatic heterocycles. The number of hydrogen-bond acceptors (Lipinski definition) is 7. The van der Waals surface area contributed by atoms with Crippen LogP contribution in [0.4, 0.5) is 17.1 Å². The van der Waals surface area contributed by atoms with Crippen LogP contribution in [0.2, 0.25) is 0 Å². The first-order valence-electron chi connectivity index (χ1n) is 9.58. The third kappa shape index (κ3) is 6.27. The fraction of sp³-hybridized carbons (Fsp3) is 0.300. The van der Waals surface area contributed by atoms with E-state index in [-0.39, 0.29) is 33.5 Å². The van der Waals surface area contributed by atoms with Crippen molar-refractivity contribution in [2.75, 3.05) is 10.6 Å². The maximum absolute atomic E-state index is 11.8. The molecule has 0 fully saturated rings. The van der Waals surface area contributed by atoms with Crippen molar-refractivity contribution in [1.82, 2.24) is 0 Å². The zero-order valence-corrected chi connectivity index (χ0v) is 19.5. The first kappa shape index (κ1) is 25.3. The molecule has 2 aromatic rings. The molecule has 11 nitrogen and oxygen atoms in total. The molecular weight excluding hydrogens is 485 g/mol. The van der Waals surface area contributed by atoms with E-state index in [1.807, 2.05) is 13.8 Å². The quantitative estimate of drug-likeness (QED) is 0.199. The SMILES string of the molecule is CC(=O)Nc1ccccc1[As](=O)(O)OO.CC(C)CC1C(=O)Nc2ccc([N+](=O)[O-])cc21. The summed E-state index contributed by atoms with van der Waals surface area (Å²) >= 11 is -4.92. The molecule has 0 radical (unpaired) electrons. The Bertz CT molecular complexity index is 1070. The number of non-ortho nitro benzene ring substituents is 1. The van der Waals surface area contributed by atoms with Crippen LogP contribution in [0.3, 0.4) is 0 Å². The Morgan fingerprint density at radius 1 is 1.31 bits per heavy atom. The molecule has 2 unspecified atom stereocenters. The molecule has 32 heavy (non-hydrogen) atoms. The van der Waals surface area contributed by atoms with Crippen molar-refractivity contribution in [2.45, 2.75) is 33.1 Å². The summed E-state index contributed by atoms with van der Waals surface area (Å²) in [6.07, 6.45) is 0.708. The maximum atomic E-state index is 11.8. The average molecular weight is 509 g/mol. The minimum absolute atomic E-state index is 0.0361. The molecular formula is C20H24AsN3O8. The van der Waals surface area contributed by atoms with Crippen molar-refractivity contribution in [3.05, 3.63) is 58.1 Å². The Morgan fingerprint density at radius 3 is 2.53 bits per heavy atom. The van der Waals surface area contributed by atoms with Crippen molar-refractivity contribution in [1.29, 1.82) is 0 Å². The first-order chi connectivity index (χ1) is 15.0. The van der Waals surface area contributed by atoms with Crippen LogP contribution >= 0.6 is 0 Å². The number of fused-ring (bicyclic) bond motifs is 1. The van der Waals surface area contributed by atoms with Gasteiger partial charge in [-0.05, 0) is 24.0 Å². The predicted molar refractivity (Wildman–Crippen MR) is 117 cm³/mol. The molecule has 0 bridgehead atoms. The molecule has 1 aliphatic rings. The molecule has 1 aliphatic heterocycles. The number of nitro groups is 1. The number of nitrogens with one attached hydrogen (secondary N) is 2. The number of anilines is 2. The molecule has 1 heterocycles. The van der Waals surface area contributed by atoms with Gasteiger partial charge in [0, 0.05) is 17.8 Å². The van der Waals surface area contributed by atoms with Crippen LogP contribution in [-0.4, -0.2) is 40.3 Å². The molecule has 2 atom stereocenters. The van der Waals surface area contributed by atoms with Crippen LogP contribution in [0.15, 0.2) is 42.5 Å². The fourth-order valence-electron chi connectivity index (χ4n) is 3.19. The largest absolute Gasteiger partial charge is 0.325 e. The average Bonchev–Trinajstić information content (AvgIpc) is 3.02. The number of amides is 2. The Morgan fingerprint density at radius 2 is 1.97 bits per heavy atom. The molecule has 3 rings (SSSR count). The van der Waals surface area contributed by atoms with E-state index in [0.29, 0.717) is 18.0 Å². The zero-order chi connectivity index (χ0) is 24.1. The predicted octanol–water partition coefficient (Wildman–Crippen LogP) is 2.38. The normalized spacial score (nSPS) is 16.3. The summed E-state index contributed by atoms with van der Waals surface area (Å²) in [7, 11) is 0. The molecule has 172 valence electrons. The number of hydrogen-bond donors (Lipinski definition) is 4. The van der Waals surface area contributed by atoms with Gasteiger partial charge in [0.1, 0.15) is 0 Å². The molecule has 2 aromatic carbocycles. The van der Waals surface area contributed by atoms with Crippen molar-refractivity contribution in [3.63, 3.8) is 0 Å². The van der Waals surface area contributed by atoms with E-state index in [1.165, 1.54) is 37.3 Å². The molecule has 0 saturated carbocycles. The van der Waals surface area contributed by atoms with Crippen LogP contribution in [0.1, 0.15) is 38.7 Å². The number of benzene rings is 2. The number of carbonyl (C=O) groups excluding carboxylic acids is 2.